The topological polar surface area (TPSA) is 82.2 Å². The smallest absolute Gasteiger partial charge is 0.258 e. The Kier molecular flexibility index (Phi) is 6.83. The van der Waals surface area contributed by atoms with E-state index in [4.69, 9.17) is 11.6 Å². The highest BCUT2D eigenvalue weighted by molar-refractivity contribution is 6.33. The maximum absolute atomic E-state index is 13.9. The van der Waals surface area contributed by atoms with Crippen molar-refractivity contribution in [1.82, 2.24) is 15.5 Å². The number of nitrogens with zero attached hydrogens (tertiary/aromatic N) is 2. The molecule has 178 valence electrons. The molecule has 1 aromatic heterocycles. The molecule has 0 aliphatic carbocycles. The highest BCUT2D eigenvalue weighted by Gasteiger charge is 2.15. The van der Waals surface area contributed by atoms with E-state index in [0.717, 1.165) is 30.3 Å². The number of aliphatic imine (C=N–C) groups is 1. The number of H-pyrrole nitrogens is 1. The first-order chi connectivity index (χ1) is 16.7. The number of benzene rings is 3. The summed E-state index contributed by atoms with van der Waals surface area (Å²) in [6.45, 7) is 1.63. The van der Waals surface area contributed by atoms with Crippen LogP contribution in [0.15, 0.2) is 65.7 Å². The second-order valence-electron chi connectivity index (χ2n) is 7.40. The van der Waals surface area contributed by atoms with Gasteiger partial charge in [0.2, 0.25) is 5.96 Å². The Labute approximate surface area is 201 Å². The lowest BCUT2D eigenvalue weighted by atomic mass is 10.1. The third kappa shape index (κ3) is 5.67. The Hall–Kier alpha value is -4.18. The predicted molar refractivity (Wildman–Crippen MR) is 125 cm³/mol. The lowest BCUT2D eigenvalue weighted by molar-refractivity contribution is 0.0976. The number of aryl methyl sites for hydroxylation is 1. The van der Waals surface area contributed by atoms with Crippen molar-refractivity contribution in [2.75, 3.05) is 5.32 Å². The Morgan fingerprint density at radius 3 is 2.46 bits per heavy atom. The first kappa shape index (κ1) is 24.0. The van der Waals surface area contributed by atoms with E-state index in [1.54, 1.807) is 19.1 Å². The summed E-state index contributed by atoms with van der Waals surface area (Å²) in [5.41, 5.74) is 1.47. The van der Waals surface area contributed by atoms with Gasteiger partial charge < -0.3 is 5.32 Å². The van der Waals surface area contributed by atoms with E-state index in [1.807, 2.05) is 0 Å². The van der Waals surface area contributed by atoms with Crippen molar-refractivity contribution in [2.45, 2.75) is 6.92 Å². The second-order valence-corrected chi connectivity index (χ2v) is 7.80. The van der Waals surface area contributed by atoms with Crippen molar-refractivity contribution < 1.29 is 22.4 Å². The monoisotopic (exact) mass is 501 g/mol. The molecule has 6 nitrogen and oxygen atoms in total. The van der Waals surface area contributed by atoms with Crippen LogP contribution >= 0.6 is 11.6 Å². The fourth-order valence-corrected chi connectivity index (χ4v) is 3.23. The molecule has 0 atom stereocenters. The molecule has 3 aromatic carbocycles. The minimum atomic E-state index is -1.20. The fourth-order valence-electron chi connectivity index (χ4n) is 3.01. The predicted octanol–water partition coefficient (Wildman–Crippen LogP) is 6.12. The summed E-state index contributed by atoms with van der Waals surface area (Å²) in [5, 5.41) is 11.9. The van der Waals surface area contributed by atoms with Gasteiger partial charge in [-0.05, 0) is 55.0 Å². The average Bonchev–Trinajstić information content (AvgIpc) is 3.27. The number of carbonyl (C=O) groups is 1. The van der Waals surface area contributed by atoms with Gasteiger partial charge in [-0.3, -0.25) is 15.2 Å². The molecule has 0 radical (unpaired) electrons. The van der Waals surface area contributed by atoms with Gasteiger partial charge in [-0.1, -0.05) is 23.7 Å². The van der Waals surface area contributed by atoms with Crippen LogP contribution in [-0.4, -0.2) is 22.1 Å². The third-order valence-corrected chi connectivity index (χ3v) is 5.18. The van der Waals surface area contributed by atoms with Crippen molar-refractivity contribution >= 4 is 35.0 Å². The van der Waals surface area contributed by atoms with E-state index in [2.05, 4.69) is 25.8 Å². The van der Waals surface area contributed by atoms with Crippen LogP contribution in [0.1, 0.15) is 15.9 Å². The van der Waals surface area contributed by atoms with Gasteiger partial charge in [-0.2, -0.15) is 10.1 Å². The van der Waals surface area contributed by atoms with E-state index in [9.17, 15) is 22.4 Å². The van der Waals surface area contributed by atoms with E-state index in [-0.39, 0.29) is 28.1 Å². The maximum atomic E-state index is 13.9. The van der Waals surface area contributed by atoms with Gasteiger partial charge in [-0.15, -0.1) is 0 Å². The highest BCUT2D eigenvalue weighted by Crippen LogP contribution is 2.25. The Balaban J connectivity index is 1.66. The van der Waals surface area contributed by atoms with Crippen LogP contribution in [0.5, 0.6) is 0 Å². The van der Waals surface area contributed by atoms with Gasteiger partial charge >= 0.3 is 0 Å². The number of guanidine groups is 1. The molecule has 0 saturated heterocycles. The summed E-state index contributed by atoms with van der Waals surface area (Å²) in [6, 6.07) is 12.3. The number of nitrogens with one attached hydrogen (secondary N) is 3. The molecular formula is C24H16ClF4N5O. The maximum Gasteiger partial charge on any atom is 0.258 e. The first-order valence-electron chi connectivity index (χ1n) is 10.1. The van der Waals surface area contributed by atoms with Gasteiger partial charge in [0.1, 0.15) is 11.6 Å². The molecule has 0 saturated carbocycles. The molecule has 35 heavy (non-hydrogen) atoms. The Morgan fingerprint density at radius 1 is 0.943 bits per heavy atom. The van der Waals surface area contributed by atoms with E-state index in [0.29, 0.717) is 16.8 Å². The van der Waals surface area contributed by atoms with Crippen LogP contribution in [0.3, 0.4) is 0 Å². The van der Waals surface area contributed by atoms with Crippen LogP contribution in [-0.2, 0) is 0 Å². The molecule has 0 fully saturated rings. The summed E-state index contributed by atoms with van der Waals surface area (Å²) in [7, 11) is 0. The summed E-state index contributed by atoms with van der Waals surface area (Å²) >= 11 is 6.06. The van der Waals surface area contributed by atoms with Gasteiger partial charge in [0.05, 0.1) is 16.4 Å². The van der Waals surface area contributed by atoms with Crippen LogP contribution < -0.4 is 10.6 Å². The molecule has 0 spiro atoms. The summed E-state index contributed by atoms with van der Waals surface area (Å²) in [4.78, 5) is 16.9. The molecule has 4 rings (SSSR count). The van der Waals surface area contributed by atoms with Crippen LogP contribution in [0.4, 0.5) is 29.1 Å². The van der Waals surface area contributed by atoms with E-state index >= 15 is 0 Å². The number of hydrogen-bond acceptors (Lipinski definition) is 3. The normalized spacial score (nSPS) is 11.4. The quantitative estimate of drug-likeness (QED) is 0.179. The van der Waals surface area contributed by atoms with Crippen molar-refractivity contribution in [1.29, 1.82) is 0 Å². The van der Waals surface area contributed by atoms with Crippen molar-refractivity contribution in [3.8, 4) is 11.3 Å². The second kappa shape index (κ2) is 9.98. The SMILES string of the molecule is Cc1ccc(-c2cc(N=C(NC(=O)c3ccc(F)c(F)c3)Nc3ccc(F)cc3Cl)n[nH]2)cc1F. The number of rotatable bonds is 4. The van der Waals surface area contributed by atoms with Crippen molar-refractivity contribution in [3.05, 3.63) is 100 Å². The molecular weight excluding hydrogens is 486 g/mol. The molecule has 0 aliphatic heterocycles. The molecule has 1 amide bonds. The minimum absolute atomic E-state index is 0.00220. The van der Waals surface area contributed by atoms with Crippen molar-refractivity contribution in [2.24, 2.45) is 4.99 Å². The number of carbonyl (C=O) groups excluding carboxylic acids is 1. The molecule has 0 bridgehead atoms. The zero-order chi connectivity index (χ0) is 25.1. The fraction of sp³-hybridized carbons (Fsp3) is 0.0417. The number of anilines is 1. The third-order valence-electron chi connectivity index (χ3n) is 4.87. The van der Waals surface area contributed by atoms with E-state index in [1.165, 1.54) is 18.2 Å². The Bertz CT molecular complexity index is 1450. The van der Waals surface area contributed by atoms with Crippen molar-refractivity contribution in [3.63, 3.8) is 0 Å². The minimum Gasteiger partial charge on any atom is -0.324 e. The van der Waals surface area contributed by atoms with Crippen LogP contribution in [0.25, 0.3) is 11.3 Å². The zero-order valence-corrected chi connectivity index (χ0v) is 18.7. The van der Waals surface area contributed by atoms with E-state index < -0.39 is 29.2 Å². The van der Waals surface area contributed by atoms with Gasteiger partial charge in [0.25, 0.3) is 5.91 Å². The Morgan fingerprint density at radius 2 is 1.74 bits per heavy atom. The highest BCUT2D eigenvalue weighted by atomic mass is 35.5. The summed E-state index contributed by atoms with van der Waals surface area (Å²) < 4.78 is 54.2. The summed E-state index contributed by atoms with van der Waals surface area (Å²) in [6.07, 6.45) is 0. The molecule has 11 heteroatoms. The number of aromatic nitrogens is 2. The van der Waals surface area contributed by atoms with Gasteiger partial charge in [0.15, 0.2) is 17.5 Å². The first-order valence-corrected chi connectivity index (χ1v) is 10.5. The van der Waals surface area contributed by atoms with Gasteiger partial charge in [0, 0.05) is 17.2 Å². The zero-order valence-electron chi connectivity index (χ0n) is 18.0. The lowest BCUT2D eigenvalue weighted by Gasteiger charge is -2.12. The summed E-state index contributed by atoms with van der Waals surface area (Å²) in [5.74, 6) is -4.20. The molecule has 1 heterocycles. The molecule has 0 unspecified atom stereocenters. The number of aromatic amines is 1. The number of halogens is 5. The molecule has 3 N–H and O–H groups in total. The number of amides is 1. The number of hydrogen-bond donors (Lipinski definition) is 3. The standard InChI is InChI=1S/C24H16ClF4N5O/c1-12-2-3-13(8-18(12)28)21-11-22(34-33-21)31-24(30-20-7-5-15(26)10-16(20)25)32-23(35)14-4-6-17(27)19(29)9-14/h2-11H,1H3,(H3,30,31,32,33,34,35). The largest absolute Gasteiger partial charge is 0.324 e. The molecule has 4 aromatic rings. The average molecular weight is 502 g/mol. The van der Waals surface area contributed by atoms with Crippen LogP contribution in [0, 0.1) is 30.2 Å². The molecule has 0 aliphatic rings. The lowest BCUT2D eigenvalue weighted by Crippen LogP contribution is -2.36. The van der Waals surface area contributed by atoms with Crippen LogP contribution in [0.2, 0.25) is 5.02 Å². The van der Waals surface area contributed by atoms with Gasteiger partial charge in [-0.25, -0.2) is 17.6 Å².